The molecule has 1 fully saturated rings. The van der Waals surface area contributed by atoms with Crippen molar-refractivity contribution in [3.8, 4) is 0 Å². The lowest BCUT2D eigenvalue weighted by Crippen LogP contribution is -2.31. The first-order valence-electron chi connectivity index (χ1n) is 9.36. The van der Waals surface area contributed by atoms with Gasteiger partial charge in [0.1, 0.15) is 0 Å². The molecule has 1 amide bonds. The standard InChI is InChI=1S/C21H26N2O4S/c1-16-5-3-6-19(13-16)23(28(2,25)26)15-17-8-10-18(11-9-17)21(24)22-14-20-7-4-12-27-20/h3,5-6,8-11,13,20H,4,7,12,14-15H2,1-2H3,(H,22,24)/t20-/m1/s1. The predicted octanol–water partition coefficient (Wildman–Crippen LogP) is 2.87. The molecule has 7 heteroatoms. The van der Waals surface area contributed by atoms with Gasteiger partial charge in [0.2, 0.25) is 10.0 Å². The van der Waals surface area contributed by atoms with E-state index in [1.807, 2.05) is 25.1 Å². The minimum Gasteiger partial charge on any atom is -0.376 e. The van der Waals surface area contributed by atoms with E-state index in [2.05, 4.69) is 5.32 Å². The van der Waals surface area contributed by atoms with Crippen LogP contribution < -0.4 is 9.62 Å². The highest BCUT2D eigenvalue weighted by molar-refractivity contribution is 7.92. The number of amides is 1. The van der Waals surface area contributed by atoms with Gasteiger partial charge in [-0.2, -0.15) is 0 Å². The van der Waals surface area contributed by atoms with Gasteiger partial charge in [-0.05, 0) is 55.2 Å². The molecule has 3 rings (SSSR count). The topological polar surface area (TPSA) is 75.7 Å². The van der Waals surface area contributed by atoms with Gasteiger partial charge < -0.3 is 10.1 Å². The highest BCUT2D eigenvalue weighted by Crippen LogP contribution is 2.22. The van der Waals surface area contributed by atoms with Crippen molar-refractivity contribution in [3.05, 3.63) is 65.2 Å². The Morgan fingerprint density at radius 3 is 2.57 bits per heavy atom. The first-order valence-corrected chi connectivity index (χ1v) is 11.2. The second-order valence-corrected chi connectivity index (χ2v) is 9.06. The number of nitrogens with one attached hydrogen (secondary N) is 1. The highest BCUT2D eigenvalue weighted by Gasteiger charge is 2.19. The Balaban J connectivity index is 1.68. The molecule has 1 heterocycles. The molecule has 1 N–H and O–H groups in total. The molecule has 1 saturated heterocycles. The lowest BCUT2D eigenvalue weighted by molar-refractivity contribution is 0.0858. The van der Waals surface area contributed by atoms with Crippen LogP contribution in [-0.4, -0.2) is 39.8 Å². The molecule has 0 spiro atoms. The van der Waals surface area contributed by atoms with Crippen LogP contribution >= 0.6 is 0 Å². The number of hydrogen-bond acceptors (Lipinski definition) is 4. The highest BCUT2D eigenvalue weighted by atomic mass is 32.2. The number of benzene rings is 2. The molecule has 6 nitrogen and oxygen atoms in total. The molecule has 150 valence electrons. The van der Waals surface area contributed by atoms with Gasteiger partial charge in [0.25, 0.3) is 5.91 Å². The Morgan fingerprint density at radius 2 is 1.96 bits per heavy atom. The van der Waals surface area contributed by atoms with Crippen LogP contribution in [0.25, 0.3) is 0 Å². The Kier molecular flexibility index (Phi) is 6.36. The fourth-order valence-corrected chi connectivity index (χ4v) is 4.10. The van der Waals surface area contributed by atoms with Crippen molar-refractivity contribution in [1.29, 1.82) is 0 Å². The van der Waals surface area contributed by atoms with Crippen LogP contribution in [0.15, 0.2) is 48.5 Å². The fourth-order valence-electron chi connectivity index (χ4n) is 3.22. The summed E-state index contributed by atoms with van der Waals surface area (Å²) in [5.74, 6) is -0.152. The van der Waals surface area contributed by atoms with E-state index in [0.717, 1.165) is 30.6 Å². The largest absolute Gasteiger partial charge is 0.376 e. The molecule has 1 aliphatic heterocycles. The van der Waals surface area contributed by atoms with Crippen molar-refractivity contribution in [2.24, 2.45) is 0 Å². The number of nitrogens with zero attached hydrogens (tertiary/aromatic N) is 1. The van der Waals surface area contributed by atoms with E-state index in [0.29, 0.717) is 17.8 Å². The minimum atomic E-state index is -3.44. The quantitative estimate of drug-likeness (QED) is 0.773. The molecular formula is C21H26N2O4S. The monoisotopic (exact) mass is 402 g/mol. The van der Waals surface area contributed by atoms with Crippen molar-refractivity contribution in [3.63, 3.8) is 0 Å². The predicted molar refractivity (Wildman–Crippen MR) is 110 cm³/mol. The third-order valence-corrected chi connectivity index (χ3v) is 5.89. The van der Waals surface area contributed by atoms with E-state index >= 15 is 0 Å². The average Bonchev–Trinajstić information content (AvgIpc) is 3.17. The summed E-state index contributed by atoms with van der Waals surface area (Å²) in [6.45, 7) is 3.40. The minimum absolute atomic E-state index is 0.0980. The number of hydrogen-bond donors (Lipinski definition) is 1. The smallest absolute Gasteiger partial charge is 0.251 e. The molecular weight excluding hydrogens is 376 g/mol. The summed E-state index contributed by atoms with van der Waals surface area (Å²) in [5.41, 5.74) is 2.97. The summed E-state index contributed by atoms with van der Waals surface area (Å²) in [5, 5.41) is 2.89. The zero-order valence-corrected chi connectivity index (χ0v) is 17.0. The molecule has 2 aromatic rings. The van der Waals surface area contributed by atoms with Gasteiger partial charge in [-0.1, -0.05) is 24.3 Å². The maximum absolute atomic E-state index is 12.3. The SMILES string of the molecule is Cc1cccc(N(Cc2ccc(C(=O)NC[C@H]3CCCO3)cc2)S(C)(=O)=O)c1. The third-order valence-electron chi connectivity index (χ3n) is 4.75. The number of rotatable bonds is 7. The summed E-state index contributed by atoms with van der Waals surface area (Å²) in [6.07, 6.45) is 3.30. The zero-order valence-electron chi connectivity index (χ0n) is 16.2. The van der Waals surface area contributed by atoms with Crippen molar-refractivity contribution >= 4 is 21.6 Å². The van der Waals surface area contributed by atoms with E-state index in [-0.39, 0.29) is 18.6 Å². The molecule has 0 aliphatic carbocycles. The van der Waals surface area contributed by atoms with E-state index in [4.69, 9.17) is 4.74 Å². The Hall–Kier alpha value is -2.38. The number of ether oxygens (including phenoxy) is 1. The van der Waals surface area contributed by atoms with Crippen molar-refractivity contribution in [2.45, 2.75) is 32.4 Å². The van der Waals surface area contributed by atoms with Crippen molar-refractivity contribution in [2.75, 3.05) is 23.7 Å². The van der Waals surface area contributed by atoms with Gasteiger partial charge in [-0.25, -0.2) is 8.42 Å². The van der Waals surface area contributed by atoms with Gasteiger partial charge in [0.15, 0.2) is 0 Å². The lowest BCUT2D eigenvalue weighted by Gasteiger charge is -2.23. The Morgan fingerprint density at radius 1 is 1.21 bits per heavy atom. The van der Waals surface area contributed by atoms with Crippen LogP contribution in [0.5, 0.6) is 0 Å². The molecule has 0 bridgehead atoms. The molecule has 0 radical (unpaired) electrons. The number of anilines is 1. The van der Waals surface area contributed by atoms with E-state index in [9.17, 15) is 13.2 Å². The summed E-state index contributed by atoms with van der Waals surface area (Å²) >= 11 is 0. The van der Waals surface area contributed by atoms with Crippen LogP contribution in [0.4, 0.5) is 5.69 Å². The van der Waals surface area contributed by atoms with E-state index in [1.54, 1.807) is 30.3 Å². The number of carbonyl (C=O) groups excluding carboxylic acids is 1. The second-order valence-electron chi connectivity index (χ2n) is 7.15. The molecule has 1 atom stereocenters. The molecule has 0 saturated carbocycles. The summed E-state index contributed by atoms with van der Waals surface area (Å²) in [7, 11) is -3.44. The normalized spacial score (nSPS) is 16.7. The van der Waals surface area contributed by atoms with Crippen LogP contribution in [0.1, 0.15) is 34.3 Å². The van der Waals surface area contributed by atoms with Crippen LogP contribution in [0.3, 0.4) is 0 Å². The second kappa shape index (κ2) is 8.75. The first-order chi connectivity index (χ1) is 13.3. The molecule has 1 aliphatic rings. The maximum atomic E-state index is 12.3. The summed E-state index contributed by atoms with van der Waals surface area (Å²) in [4.78, 5) is 12.3. The van der Waals surface area contributed by atoms with E-state index in [1.165, 1.54) is 10.6 Å². The molecule has 0 aromatic heterocycles. The lowest BCUT2D eigenvalue weighted by atomic mass is 10.1. The zero-order chi connectivity index (χ0) is 20.1. The molecule has 28 heavy (non-hydrogen) atoms. The van der Waals surface area contributed by atoms with Crippen LogP contribution in [0, 0.1) is 6.92 Å². The van der Waals surface area contributed by atoms with Crippen LogP contribution in [0.2, 0.25) is 0 Å². The van der Waals surface area contributed by atoms with E-state index < -0.39 is 10.0 Å². The van der Waals surface area contributed by atoms with Gasteiger partial charge in [-0.15, -0.1) is 0 Å². The summed E-state index contributed by atoms with van der Waals surface area (Å²) < 4.78 is 31.4. The van der Waals surface area contributed by atoms with Gasteiger partial charge in [-0.3, -0.25) is 9.10 Å². The van der Waals surface area contributed by atoms with Crippen LogP contribution in [-0.2, 0) is 21.3 Å². The summed E-state index contributed by atoms with van der Waals surface area (Å²) in [6, 6.07) is 14.4. The maximum Gasteiger partial charge on any atom is 0.251 e. The number of sulfonamides is 1. The Bertz CT molecular complexity index is 920. The third kappa shape index (κ3) is 5.33. The number of carbonyl (C=O) groups is 1. The van der Waals surface area contributed by atoms with Gasteiger partial charge >= 0.3 is 0 Å². The first kappa shape index (κ1) is 20.4. The Labute approximate surface area is 166 Å². The van der Waals surface area contributed by atoms with Gasteiger partial charge in [0, 0.05) is 18.7 Å². The van der Waals surface area contributed by atoms with Crippen molar-refractivity contribution < 1.29 is 17.9 Å². The molecule has 0 unspecified atom stereocenters. The molecule has 2 aromatic carbocycles. The fraction of sp³-hybridized carbons (Fsp3) is 0.381. The van der Waals surface area contributed by atoms with Gasteiger partial charge in [0.05, 0.1) is 24.6 Å². The van der Waals surface area contributed by atoms with Crippen molar-refractivity contribution in [1.82, 2.24) is 5.32 Å². The average molecular weight is 403 g/mol. The number of aryl methyl sites for hydroxylation is 1.